The van der Waals surface area contributed by atoms with E-state index < -0.39 is 5.97 Å². The van der Waals surface area contributed by atoms with Gasteiger partial charge in [0, 0.05) is 13.0 Å². The lowest BCUT2D eigenvalue weighted by molar-refractivity contribution is -0.137. The van der Waals surface area contributed by atoms with Gasteiger partial charge in [-0.3, -0.25) is 4.79 Å². The van der Waals surface area contributed by atoms with Crippen LogP contribution in [-0.2, 0) is 4.79 Å². The lowest BCUT2D eigenvalue weighted by Gasteiger charge is -2.03. The van der Waals surface area contributed by atoms with Crippen LogP contribution in [0.3, 0.4) is 0 Å². The first-order chi connectivity index (χ1) is 12.5. The van der Waals surface area contributed by atoms with Crippen molar-refractivity contribution in [3.8, 4) is 0 Å². The zero-order chi connectivity index (χ0) is 19.9. The number of rotatable bonds is 18. The van der Waals surface area contributed by atoms with Gasteiger partial charge in [0.25, 0.3) is 0 Å². The molecule has 0 radical (unpaired) electrons. The summed E-state index contributed by atoms with van der Waals surface area (Å²) in [6, 6.07) is 0. The second-order valence-electron chi connectivity index (χ2n) is 7.45. The second-order valence-corrected chi connectivity index (χ2v) is 7.45. The Labute approximate surface area is 162 Å². The summed E-state index contributed by atoms with van der Waals surface area (Å²) in [5.41, 5.74) is 0. The molecule has 4 nitrogen and oxygen atoms in total. The Balaban J connectivity index is 0. The van der Waals surface area contributed by atoms with Gasteiger partial charge in [-0.1, -0.05) is 96.8 Å². The first kappa shape index (κ1) is 27.6. The maximum absolute atomic E-state index is 10.3. The standard InChI is InChI=1S/C18H36O2.C4H10O2/c1-2-3-4-5-6-7-8-9-10-11-12-13-14-15-16-17-18(19)20;1-4(6)2-3-5/h2-17H2,1H3,(H,19,20);4-6H,2-3H2,1H3. The molecule has 26 heavy (non-hydrogen) atoms. The Morgan fingerprint density at radius 2 is 1.08 bits per heavy atom. The maximum atomic E-state index is 10.3. The van der Waals surface area contributed by atoms with Crippen molar-refractivity contribution in [2.45, 2.75) is 129 Å². The number of carboxylic acid groups (broad SMARTS) is 1. The van der Waals surface area contributed by atoms with Crippen LogP contribution in [0.2, 0.25) is 0 Å². The average molecular weight is 375 g/mol. The van der Waals surface area contributed by atoms with Gasteiger partial charge in [-0.25, -0.2) is 0 Å². The third-order valence-corrected chi connectivity index (χ3v) is 4.54. The number of aliphatic hydroxyl groups excluding tert-OH is 2. The van der Waals surface area contributed by atoms with Crippen molar-refractivity contribution in [2.75, 3.05) is 6.61 Å². The summed E-state index contributed by atoms with van der Waals surface area (Å²) in [4.78, 5) is 10.3. The number of carboxylic acids is 1. The third kappa shape index (κ3) is 31.2. The molecule has 4 heteroatoms. The van der Waals surface area contributed by atoms with Crippen molar-refractivity contribution in [1.82, 2.24) is 0 Å². The molecule has 1 atom stereocenters. The molecule has 0 fully saturated rings. The molecule has 0 spiro atoms. The highest BCUT2D eigenvalue weighted by molar-refractivity contribution is 5.66. The molecule has 158 valence electrons. The van der Waals surface area contributed by atoms with E-state index in [9.17, 15) is 4.79 Å². The Kier molecular flexibility index (Phi) is 25.9. The molecule has 0 saturated heterocycles. The van der Waals surface area contributed by atoms with Gasteiger partial charge in [0.15, 0.2) is 0 Å². The van der Waals surface area contributed by atoms with E-state index >= 15 is 0 Å². The van der Waals surface area contributed by atoms with Gasteiger partial charge in [0.1, 0.15) is 0 Å². The number of aliphatic hydroxyl groups is 2. The first-order valence-corrected chi connectivity index (χ1v) is 11.0. The van der Waals surface area contributed by atoms with Crippen molar-refractivity contribution >= 4 is 5.97 Å². The van der Waals surface area contributed by atoms with Crippen molar-refractivity contribution in [3.63, 3.8) is 0 Å². The SMILES string of the molecule is CC(O)CCO.CCCCCCCCCCCCCCCCCC(=O)O. The van der Waals surface area contributed by atoms with Gasteiger partial charge in [-0.2, -0.15) is 0 Å². The molecular formula is C22H46O4. The summed E-state index contributed by atoms with van der Waals surface area (Å²) >= 11 is 0. The number of hydrogen-bond donors (Lipinski definition) is 3. The van der Waals surface area contributed by atoms with Crippen LogP contribution in [0.25, 0.3) is 0 Å². The summed E-state index contributed by atoms with van der Waals surface area (Å²) in [7, 11) is 0. The van der Waals surface area contributed by atoms with Crippen LogP contribution in [-0.4, -0.2) is 34.0 Å². The van der Waals surface area contributed by atoms with E-state index in [1.807, 2.05) is 0 Å². The molecule has 0 bridgehead atoms. The van der Waals surface area contributed by atoms with Crippen LogP contribution < -0.4 is 0 Å². The lowest BCUT2D eigenvalue weighted by Crippen LogP contribution is -2.00. The number of carbonyl (C=O) groups is 1. The Morgan fingerprint density at radius 1 is 0.731 bits per heavy atom. The highest BCUT2D eigenvalue weighted by Crippen LogP contribution is 2.13. The molecule has 1 unspecified atom stereocenters. The number of aliphatic carboxylic acids is 1. The molecule has 3 N–H and O–H groups in total. The molecule has 0 saturated carbocycles. The predicted molar refractivity (Wildman–Crippen MR) is 111 cm³/mol. The van der Waals surface area contributed by atoms with Gasteiger partial charge >= 0.3 is 5.97 Å². The van der Waals surface area contributed by atoms with E-state index in [2.05, 4.69) is 6.92 Å². The predicted octanol–water partition coefficient (Wildman–Crippen LogP) is 6.08. The van der Waals surface area contributed by atoms with E-state index in [-0.39, 0.29) is 12.7 Å². The quantitative estimate of drug-likeness (QED) is 0.254. The fourth-order valence-corrected chi connectivity index (χ4v) is 2.83. The fraction of sp³-hybridized carbons (Fsp3) is 0.955. The Morgan fingerprint density at radius 3 is 1.31 bits per heavy atom. The van der Waals surface area contributed by atoms with E-state index in [0.29, 0.717) is 12.8 Å². The minimum atomic E-state index is -0.653. The summed E-state index contributed by atoms with van der Waals surface area (Å²) < 4.78 is 0. The van der Waals surface area contributed by atoms with Gasteiger partial charge in [0.2, 0.25) is 0 Å². The Hall–Kier alpha value is -0.610. The highest BCUT2D eigenvalue weighted by atomic mass is 16.4. The molecule has 0 aliphatic heterocycles. The van der Waals surface area contributed by atoms with Gasteiger partial charge in [-0.15, -0.1) is 0 Å². The lowest BCUT2D eigenvalue weighted by atomic mass is 10.0. The molecule has 0 aliphatic rings. The largest absolute Gasteiger partial charge is 0.481 e. The highest BCUT2D eigenvalue weighted by Gasteiger charge is 1.97. The molecule has 0 rings (SSSR count). The van der Waals surface area contributed by atoms with Crippen molar-refractivity contribution in [2.24, 2.45) is 0 Å². The van der Waals surface area contributed by atoms with Gasteiger partial charge in [0.05, 0.1) is 6.10 Å². The molecule has 0 amide bonds. The van der Waals surface area contributed by atoms with Gasteiger partial charge in [-0.05, 0) is 19.8 Å². The van der Waals surface area contributed by atoms with Crippen LogP contribution in [0.4, 0.5) is 0 Å². The van der Waals surface area contributed by atoms with E-state index in [4.69, 9.17) is 15.3 Å². The second kappa shape index (κ2) is 24.4. The monoisotopic (exact) mass is 374 g/mol. The molecular weight excluding hydrogens is 328 g/mol. The molecule has 0 aromatic rings. The molecule has 0 heterocycles. The van der Waals surface area contributed by atoms with Crippen LogP contribution in [0.5, 0.6) is 0 Å². The van der Waals surface area contributed by atoms with Crippen LogP contribution in [0.1, 0.15) is 123 Å². The van der Waals surface area contributed by atoms with Crippen molar-refractivity contribution < 1.29 is 20.1 Å². The summed E-state index contributed by atoms with van der Waals surface area (Å²) in [5.74, 6) is -0.653. The number of unbranched alkanes of at least 4 members (excludes halogenated alkanes) is 14. The normalized spacial score (nSPS) is 11.7. The summed E-state index contributed by atoms with van der Waals surface area (Å²) in [6.07, 6.45) is 20.3. The molecule has 0 aromatic heterocycles. The minimum Gasteiger partial charge on any atom is -0.481 e. The first-order valence-electron chi connectivity index (χ1n) is 11.0. The molecule has 0 aromatic carbocycles. The summed E-state index contributed by atoms with van der Waals surface area (Å²) in [6.45, 7) is 4.00. The average Bonchev–Trinajstić information content (AvgIpc) is 2.58. The third-order valence-electron chi connectivity index (χ3n) is 4.54. The van der Waals surface area contributed by atoms with Crippen LogP contribution >= 0.6 is 0 Å². The van der Waals surface area contributed by atoms with Gasteiger partial charge < -0.3 is 15.3 Å². The van der Waals surface area contributed by atoms with Crippen LogP contribution in [0, 0.1) is 0 Å². The number of hydrogen-bond acceptors (Lipinski definition) is 3. The van der Waals surface area contributed by atoms with Crippen molar-refractivity contribution in [3.05, 3.63) is 0 Å². The van der Waals surface area contributed by atoms with E-state index in [1.54, 1.807) is 6.92 Å². The maximum Gasteiger partial charge on any atom is 0.303 e. The Bertz CT molecular complexity index is 267. The topological polar surface area (TPSA) is 77.8 Å². The zero-order valence-corrected chi connectivity index (χ0v) is 17.6. The fourth-order valence-electron chi connectivity index (χ4n) is 2.83. The van der Waals surface area contributed by atoms with E-state index in [0.717, 1.165) is 12.8 Å². The molecule has 0 aliphatic carbocycles. The minimum absolute atomic E-state index is 0.0810. The smallest absolute Gasteiger partial charge is 0.303 e. The zero-order valence-electron chi connectivity index (χ0n) is 17.6. The van der Waals surface area contributed by atoms with Crippen molar-refractivity contribution in [1.29, 1.82) is 0 Å². The van der Waals surface area contributed by atoms with E-state index in [1.165, 1.54) is 83.5 Å². The van der Waals surface area contributed by atoms with Crippen LogP contribution in [0.15, 0.2) is 0 Å². The summed E-state index contributed by atoms with van der Waals surface area (Å²) in [5, 5.41) is 25.0.